The summed E-state index contributed by atoms with van der Waals surface area (Å²) in [7, 11) is 1.54. The van der Waals surface area contributed by atoms with Crippen LogP contribution in [0, 0.1) is 11.3 Å². The zero-order valence-electron chi connectivity index (χ0n) is 17.2. The number of hydrogen-bond donors (Lipinski definition) is 1. The summed E-state index contributed by atoms with van der Waals surface area (Å²) >= 11 is 0. The summed E-state index contributed by atoms with van der Waals surface area (Å²) in [5, 5.41) is 13.9. The smallest absolute Gasteiger partial charge is 0.307 e. The Hall–Kier alpha value is -4.57. The van der Waals surface area contributed by atoms with E-state index in [4.69, 9.17) is 19.2 Å². The summed E-state index contributed by atoms with van der Waals surface area (Å²) in [5.74, 6) is 0.900. The molecular weight excluding hydrogens is 406 g/mol. The van der Waals surface area contributed by atoms with Crippen molar-refractivity contribution in [3.63, 3.8) is 0 Å². The van der Waals surface area contributed by atoms with Crippen molar-refractivity contribution in [2.24, 2.45) is 5.10 Å². The molecular formula is C25H19N3O4. The van der Waals surface area contributed by atoms with Gasteiger partial charge in [-0.25, -0.2) is 5.43 Å². The van der Waals surface area contributed by atoms with Gasteiger partial charge in [0.1, 0.15) is 12.4 Å². The van der Waals surface area contributed by atoms with Crippen LogP contribution in [0.2, 0.25) is 0 Å². The van der Waals surface area contributed by atoms with Gasteiger partial charge in [0.05, 0.1) is 25.0 Å². The van der Waals surface area contributed by atoms with Crippen LogP contribution in [0.15, 0.2) is 82.3 Å². The minimum Gasteiger partial charge on any atom is -0.493 e. The Morgan fingerprint density at radius 3 is 2.72 bits per heavy atom. The van der Waals surface area contributed by atoms with Crippen molar-refractivity contribution in [1.82, 2.24) is 5.43 Å². The molecule has 0 bridgehead atoms. The van der Waals surface area contributed by atoms with Gasteiger partial charge in [0.15, 0.2) is 17.1 Å². The molecule has 0 radical (unpaired) electrons. The van der Waals surface area contributed by atoms with Crippen LogP contribution in [0.5, 0.6) is 11.5 Å². The number of fused-ring (bicyclic) bond motifs is 1. The molecule has 1 aromatic heterocycles. The second-order valence-electron chi connectivity index (χ2n) is 6.82. The van der Waals surface area contributed by atoms with Gasteiger partial charge in [-0.15, -0.1) is 0 Å². The van der Waals surface area contributed by atoms with Crippen molar-refractivity contribution in [3.8, 4) is 17.6 Å². The quantitative estimate of drug-likeness (QED) is 0.343. The lowest BCUT2D eigenvalue weighted by molar-refractivity contribution is 0.0929. The highest BCUT2D eigenvalue weighted by atomic mass is 16.5. The number of nitrogens with zero attached hydrogens (tertiary/aromatic N) is 2. The minimum atomic E-state index is -0.462. The van der Waals surface area contributed by atoms with Crippen LogP contribution in [-0.2, 0) is 6.61 Å². The van der Waals surface area contributed by atoms with Crippen LogP contribution >= 0.6 is 0 Å². The number of para-hydroxylation sites is 1. The summed E-state index contributed by atoms with van der Waals surface area (Å²) < 4.78 is 16.6. The maximum atomic E-state index is 12.3. The van der Waals surface area contributed by atoms with E-state index in [1.807, 2.05) is 42.5 Å². The van der Waals surface area contributed by atoms with E-state index in [0.29, 0.717) is 29.3 Å². The van der Waals surface area contributed by atoms with Gasteiger partial charge in [-0.05, 0) is 48.0 Å². The lowest BCUT2D eigenvalue weighted by atomic mass is 10.1. The molecule has 7 nitrogen and oxygen atoms in total. The maximum Gasteiger partial charge on any atom is 0.307 e. The maximum absolute atomic E-state index is 12.3. The molecule has 7 heteroatoms. The number of ether oxygens (including phenoxy) is 2. The van der Waals surface area contributed by atoms with Crippen LogP contribution in [0.25, 0.3) is 11.0 Å². The van der Waals surface area contributed by atoms with Crippen molar-refractivity contribution in [3.05, 3.63) is 95.2 Å². The summed E-state index contributed by atoms with van der Waals surface area (Å²) in [6.07, 6.45) is 1.52. The molecule has 3 aromatic carbocycles. The number of amides is 1. The molecule has 0 unspecified atom stereocenters. The van der Waals surface area contributed by atoms with Crippen molar-refractivity contribution in [1.29, 1.82) is 5.26 Å². The molecule has 0 fully saturated rings. The molecule has 0 aliphatic rings. The monoisotopic (exact) mass is 425 g/mol. The number of hydrogen-bond acceptors (Lipinski definition) is 6. The molecule has 4 aromatic rings. The Morgan fingerprint density at radius 1 is 1.12 bits per heavy atom. The zero-order valence-corrected chi connectivity index (χ0v) is 17.2. The van der Waals surface area contributed by atoms with Gasteiger partial charge in [0.25, 0.3) is 0 Å². The number of benzene rings is 3. The fourth-order valence-corrected chi connectivity index (χ4v) is 3.10. The first-order chi connectivity index (χ1) is 15.7. The molecule has 1 heterocycles. The summed E-state index contributed by atoms with van der Waals surface area (Å²) in [5.41, 5.74) is 5.16. The number of carbonyl (C=O) groups is 1. The van der Waals surface area contributed by atoms with E-state index in [2.05, 4.69) is 16.6 Å². The highest BCUT2D eigenvalue weighted by Crippen LogP contribution is 2.28. The Kier molecular flexibility index (Phi) is 6.14. The topological polar surface area (TPSA) is 96.9 Å². The Morgan fingerprint density at radius 2 is 1.94 bits per heavy atom. The van der Waals surface area contributed by atoms with Gasteiger partial charge >= 0.3 is 5.91 Å². The summed E-state index contributed by atoms with van der Waals surface area (Å²) in [6, 6.07) is 23.7. The molecule has 158 valence electrons. The molecule has 32 heavy (non-hydrogen) atoms. The van der Waals surface area contributed by atoms with Gasteiger partial charge in [0.2, 0.25) is 0 Å². The van der Waals surface area contributed by atoms with Crippen LogP contribution < -0.4 is 14.9 Å². The van der Waals surface area contributed by atoms with Gasteiger partial charge in [0, 0.05) is 10.9 Å². The molecule has 0 atom stereocenters. The second kappa shape index (κ2) is 9.49. The number of nitrogens with one attached hydrogen (secondary N) is 1. The van der Waals surface area contributed by atoms with E-state index < -0.39 is 5.91 Å². The third-order valence-corrected chi connectivity index (χ3v) is 4.74. The molecule has 0 aliphatic carbocycles. The van der Waals surface area contributed by atoms with E-state index >= 15 is 0 Å². The first-order valence-corrected chi connectivity index (χ1v) is 9.79. The number of hydrazone groups is 1. The van der Waals surface area contributed by atoms with E-state index in [9.17, 15) is 4.79 Å². The molecule has 1 N–H and O–H groups in total. The van der Waals surface area contributed by atoms with E-state index in [1.165, 1.54) is 6.21 Å². The number of nitriles is 1. The fraction of sp³-hybridized carbons (Fsp3) is 0.0800. The number of rotatable bonds is 7. The highest BCUT2D eigenvalue weighted by Gasteiger charge is 2.14. The van der Waals surface area contributed by atoms with Gasteiger partial charge in [-0.1, -0.05) is 30.3 Å². The summed E-state index contributed by atoms with van der Waals surface area (Å²) in [4.78, 5) is 12.3. The SMILES string of the molecule is COc1cccc2cc(C(=O)N/N=C\c3ccc(OCc4ccccc4C#N)cc3)oc12. The van der Waals surface area contributed by atoms with E-state index in [-0.39, 0.29) is 5.76 Å². The minimum absolute atomic E-state index is 0.142. The molecule has 0 spiro atoms. The zero-order chi connectivity index (χ0) is 22.3. The summed E-state index contributed by atoms with van der Waals surface area (Å²) in [6.45, 7) is 0.301. The largest absolute Gasteiger partial charge is 0.493 e. The standard InChI is InChI=1S/C25H19N3O4/c1-30-22-8-4-7-18-13-23(32-24(18)22)25(29)28-27-15-17-9-11-21(12-10-17)31-16-20-6-3-2-5-19(20)14-26/h2-13,15H,16H2,1H3,(H,28,29)/b27-15-. The highest BCUT2D eigenvalue weighted by molar-refractivity contribution is 5.97. The van der Waals surface area contributed by atoms with Crippen LogP contribution in [0.3, 0.4) is 0 Å². The second-order valence-corrected chi connectivity index (χ2v) is 6.82. The number of methoxy groups -OCH3 is 1. The van der Waals surface area contributed by atoms with E-state index in [0.717, 1.165) is 16.5 Å². The van der Waals surface area contributed by atoms with Crippen molar-refractivity contribution >= 4 is 23.1 Å². The van der Waals surface area contributed by atoms with Crippen LogP contribution in [0.1, 0.15) is 27.2 Å². The normalized spacial score (nSPS) is 10.8. The molecule has 0 saturated carbocycles. The van der Waals surface area contributed by atoms with Crippen molar-refractivity contribution in [2.45, 2.75) is 6.61 Å². The van der Waals surface area contributed by atoms with Crippen molar-refractivity contribution < 1.29 is 18.7 Å². The predicted molar refractivity (Wildman–Crippen MR) is 120 cm³/mol. The van der Waals surface area contributed by atoms with Gasteiger partial charge < -0.3 is 13.9 Å². The molecule has 0 saturated heterocycles. The average molecular weight is 425 g/mol. The lowest BCUT2D eigenvalue weighted by Crippen LogP contribution is -2.16. The van der Waals surface area contributed by atoms with E-state index in [1.54, 1.807) is 37.4 Å². The third-order valence-electron chi connectivity index (χ3n) is 4.74. The Bertz CT molecular complexity index is 1320. The van der Waals surface area contributed by atoms with Crippen molar-refractivity contribution in [2.75, 3.05) is 7.11 Å². The Balaban J connectivity index is 1.35. The molecule has 4 rings (SSSR count). The van der Waals surface area contributed by atoms with Crippen LogP contribution in [0.4, 0.5) is 0 Å². The van der Waals surface area contributed by atoms with Gasteiger partial charge in [-0.2, -0.15) is 10.4 Å². The molecule has 0 aliphatic heterocycles. The third kappa shape index (κ3) is 4.60. The lowest BCUT2D eigenvalue weighted by Gasteiger charge is -2.07. The van der Waals surface area contributed by atoms with Gasteiger partial charge in [-0.3, -0.25) is 4.79 Å². The molecule has 1 amide bonds. The first kappa shape index (κ1) is 20.7. The number of carbonyl (C=O) groups excluding carboxylic acids is 1. The first-order valence-electron chi connectivity index (χ1n) is 9.79. The fourth-order valence-electron chi connectivity index (χ4n) is 3.10. The number of furan rings is 1. The Labute approximate surface area is 184 Å². The van der Waals surface area contributed by atoms with Crippen LogP contribution in [-0.4, -0.2) is 19.2 Å². The predicted octanol–water partition coefficient (Wildman–Crippen LogP) is 4.66. The average Bonchev–Trinajstić information content (AvgIpc) is 3.28.